The maximum Gasteiger partial charge on any atom is 0.248 e. The Hall–Kier alpha value is -1.92. The number of hydrogen-bond donors (Lipinski definition) is 3. The first kappa shape index (κ1) is 11.2. The van der Waals surface area contributed by atoms with E-state index in [0.29, 0.717) is 6.54 Å². The number of carbonyl (C=O) groups excluding carboxylic acids is 1. The minimum Gasteiger partial charge on any atom is -0.343 e. The fraction of sp³-hybridized carbons (Fsp3) is 0.333. The second kappa shape index (κ2) is 4.40. The molecule has 2 aliphatic rings. The van der Waals surface area contributed by atoms with Gasteiger partial charge in [-0.25, -0.2) is 0 Å². The van der Waals surface area contributed by atoms with Crippen LogP contribution in [-0.2, 0) is 11.3 Å². The summed E-state index contributed by atoms with van der Waals surface area (Å²) in [5.74, 6) is -0.0836. The van der Waals surface area contributed by atoms with E-state index < -0.39 is 6.29 Å². The van der Waals surface area contributed by atoms with E-state index in [1.54, 1.807) is 6.34 Å². The van der Waals surface area contributed by atoms with Gasteiger partial charge in [-0.2, -0.15) is 0 Å². The van der Waals surface area contributed by atoms with Gasteiger partial charge in [-0.05, 0) is 5.56 Å². The Balaban J connectivity index is 1.75. The monoisotopic (exact) mass is 245 g/mol. The first-order valence-corrected chi connectivity index (χ1v) is 5.89. The predicted octanol–water partition coefficient (Wildman–Crippen LogP) is -0.813. The molecular weight excluding hydrogens is 230 g/mol. The summed E-state index contributed by atoms with van der Waals surface area (Å²) in [6.45, 7) is 0.663. The van der Waals surface area contributed by atoms with Crippen LogP contribution in [0.1, 0.15) is 5.56 Å². The molecule has 0 bridgehead atoms. The number of nitrogens with two attached hydrogens (primary N) is 1. The number of carbonyl (C=O) groups is 1. The number of benzene rings is 1. The molecule has 0 saturated carbocycles. The molecule has 0 radical (unpaired) electrons. The lowest BCUT2D eigenvalue weighted by Gasteiger charge is -2.34. The van der Waals surface area contributed by atoms with Crippen molar-refractivity contribution in [1.82, 2.24) is 15.5 Å². The van der Waals surface area contributed by atoms with Crippen LogP contribution in [0.5, 0.6) is 0 Å². The summed E-state index contributed by atoms with van der Waals surface area (Å²) >= 11 is 0. The van der Waals surface area contributed by atoms with E-state index in [1.807, 2.05) is 35.2 Å². The maximum absolute atomic E-state index is 11.9. The van der Waals surface area contributed by atoms with Gasteiger partial charge in [-0.3, -0.25) is 20.8 Å². The second-order valence-electron chi connectivity index (χ2n) is 4.47. The van der Waals surface area contributed by atoms with Crippen molar-refractivity contribution in [3.8, 4) is 0 Å². The van der Waals surface area contributed by atoms with Gasteiger partial charge in [0.15, 0.2) is 0 Å². The number of nitrogens with zero attached hydrogens (tertiary/aromatic N) is 2. The summed E-state index contributed by atoms with van der Waals surface area (Å²) in [6.07, 6.45) is 0.942. The van der Waals surface area contributed by atoms with Crippen LogP contribution < -0.4 is 16.4 Å². The Morgan fingerprint density at radius 3 is 2.89 bits per heavy atom. The van der Waals surface area contributed by atoms with E-state index in [-0.39, 0.29) is 18.1 Å². The molecule has 1 saturated heterocycles. The number of nitrogens with one attached hydrogen (secondary N) is 2. The Morgan fingerprint density at radius 2 is 2.11 bits per heavy atom. The number of amides is 1. The van der Waals surface area contributed by atoms with Crippen LogP contribution in [0.2, 0.25) is 0 Å². The molecule has 0 spiro atoms. The Bertz CT molecular complexity index is 475. The summed E-state index contributed by atoms with van der Waals surface area (Å²) in [7, 11) is 0. The van der Waals surface area contributed by atoms with Crippen molar-refractivity contribution in [3.05, 3.63) is 35.9 Å². The van der Waals surface area contributed by atoms with Gasteiger partial charge in [0, 0.05) is 6.54 Å². The normalized spacial score (nSPS) is 30.2. The summed E-state index contributed by atoms with van der Waals surface area (Å²) < 4.78 is 0. The zero-order valence-corrected chi connectivity index (χ0v) is 9.78. The minimum atomic E-state index is -0.521. The van der Waals surface area contributed by atoms with Crippen LogP contribution in [-0.4, -0.2) is 35.6 Å². The Morgan fingerprint density at radius 1 is 1.33 bits per heavy atom. The first-order valence-electron chi connectivity index (χ1n) is 5.89. The van der Waals surface area contributed by atoms with Crippen molar-refractivity contribution in [2.45, 2.75) is 25.0 Å². The third-order valence-corrected chi connectivity index (χ3v) is 3.16. The highest BCUT2D eigenvalue weighted by Crippen LogP contribution is 2.17. The van der Waals surface area contributed by atoms with Gasteiger partial charge in [-0.15, -0.1) is 0 Å². The molecule has 0 aliphatic carbocycles. The smallest absolute Gasteiger partial charge is 0.248 e. The molecule has 94 valence electrons. The largest absolute Gasteiger partial charge is 0.343 e. The van der Waals surface area contributed by atoms with Crippen molar-refractivity contribution in [1.29, 1.82) is 0 Å². The molecule has 6 nitrogen and oxygen atoms in total. The molecule has 4 N–H and O–H groups in total. The van der Waals surface area contributed by atoms with Crippen LogP contribution in [0, 0.1) is 0 Å². The van der Waals surface area contributed by atoms with Gasteiger partial charge < -0.3 is 10.2 Å². The zero-order valence-electron chi connectivity index (χ0n) is 9.78. The van der Waals surface area contributed by atoms with Gasteiger partial charge in [0.25, 0.3) is 0 Å². The lowest BCUT2D eigenvalue weighted by molar-refractivity contribution is -0.128. The van der Waals surface area contributed by atoms with Crippen LogP contribution in [0.25, 0.3) is 0 Å². The molecule has 3 atom stereocenters. The average Bonchev–Trinajstić information content (AvgIpc) is 2.73. The van der Waals surface area contributed by atoms with E-state index >= 15 is 0 Å². The molecule has 1 amide bonds. The number of hydrogen-bond acceptors (Lipinski definition) is 5. The third-order valence-electron chi connectivity index (χ3n) is 3.16. The van der Waals surface area contributed by atoms with Crippen molar-refractivity contribution in [2.24, 2.45) is 10.7 Å². The molecule has 1 aromatic rings. The first-order chi connectivity index (χ1) is 8.74. The van der Waals surface area contributed by atoms with Crippen LogP contribution in [0.3, 0.4) is 0 Å². The maximum atomic E-state index is 11.9. The fourth-order valence-corrected chi connectivity index (χ4v) is 2.32. The molecule has 0 aromatic heterocycles. The highest BCUT2D eigenvalue weighted by atomic mass is 16.2. The zero-order chi connectivity index (χ0) is 12.5. The molecule has 6 heteroatoms. The minimum absolute atomic E-state index is 0.0836. The van der Waals surface area contributed by atoms with E-state index in [0.717, 1.165) is 5.56 Å². The van der Waals surface area contributed by atoms with Crippen molar-refractivity contribution >= 4 is 12.2 Å². The van der Waals surface area contributed by atoms with Crippen molar-refractivity contribution in [2.75, 3.05) is 0 Å². The van der Waals surface area contributed by atoms with Gasteiger partial charge in [0.2, 0.25) is 5.91 Å². The Kier molecular flexibility index (Phi) is 2.73. The van der Waals surface area contributed by atoms with E-state index in [4.69, 9.17) is 5.73 Å². The molecule has 3 rings (SSSR count). The van der Waals surface area contributed by atoms with Crippen LogP contribution in [0.4, 0.5) is 0 Å². The second-order valence-corrected chi connectivity index (χ2v) is 4.47. The van der Waals surface area contributed by atoms with Crippen molar-refractivity contribution in [3.63, 3.8) is 0 Å². The quantitative estimate of drug-likeness (QED) is 0.636. The van der Waals surface area contributed by atoms with Gasteiger partial charge in [0.1, 0.15) is 18.5 Å². The highest BCUT2D eigenvalue weighted by Gasteiger charge is 2.41. The standard InChI is InChI=1S/C12H15N5O/c13-12-15-10-9(11(18)16-12)17(7-14-10)6-8-4-2-1-3-5-8/h1-5,7,9-10,12,15H,6,13H2,(H,16,18). The fourth-order valence-electron chi connectivity index (χ4n) is 2.32. The van der Waals surface area contributed by atoms with E-state index in [2.05, 4.69) is 15.6 Å². The summed E-state index contributed by atoms with van der Waals surface area (Å²) in [5.41, 5.74) is 6.79. The summed E-state index contributed by atoms with van der Waals surface area (Å²) in [4.78, 5) is 18.1. The van der Waals surface area contributed by atoms with Crippen LogP contribution in [0.15, 0.2) is 35.3 Å². The molecule has 1 fully saturated rings. The highest BCUT2D eigenvalue weighted by molar-refractivity contribution is 5.87. The molecule has 2 aliphatic heterocycles. The van der Waals surface area contributed by atoms with Gasteiger partial charge in [-0.1, -0.05) is 30.3 Å². The molecule has 18 heavy (non-hydrogen) atoms. The summed E-state index contributed by atoms with van der Waals surface area (Å²) in [6, 6.07) is 9.68. The number of aliphatic imine (C=N–C) groups is 1. The third kappa shape index (κ3) is 1.96. The molecule has 3 unspecified atom stereocenters. The van der Waals surface area contributed by atoms with Crippen molar-refractivity contribution < 1.29 is 4.79 Å². The average molecular weight is 245 g/mol. The van der Waals surface area contributed by atoms with E-state index in [9.17, 15) is 4.79 Å². The topological polar surface area (TPSA) is 82.7 Å². The SMILES string of the molecule is NC1NC(=O)C2C(N=CN2Cc2ccccc2)N1. The van der Waals surface area contributed by atoms with E-state index in [1.165, 1.54) is 0 Å². The lowest BCUT2D eigenvalue weighted by atomic mass is 10.1. The van der Waals surface area contributed by atoms with Gasteiger partial charge >= 0.3 is 0 Å². The summed E-state index contributed by atoms with van der Waals surface area (Å²) in [5, 5.41) is 5.70. The number of fused-ring (bicyclic) bond motifs is 1. The molecule has 2 heterocycles. The lowest BCUT2D eigenvalue weighted by Crippen LogP contribution is -2.68. The Labute approximate surface area is 105 Å². The molecule has 1 aromatic carbocycles. The molecular formula is C12H15N5O. The van der Waals surface area contributed by atoms with Crippen LogP contribution >= 0.6 is 0 Å². The predicted molar refractivity (Wildman–Crippen MR) is 67.3 cm³/mol. The number of rotatable bonds is 2. The van der Waals surface area contributed by atoms with Gasteiger partial charge in [0.05, 0.1) is 6.34 Å².